The molecule has 0 spiro atoms. The molecule has 0 N–H and O–H groups in total. The molecule has 1 heterocycles. The van der Waals surface area contributed by atoms with E-state index in [-0.39, 0.29) is 16.5 Å². The Morgan fingerprint density at radius 3 is 0.641 bits per heavy atom. The maximum absolute atomic E-state index is 12.5. The summed E-state index contributed by atoms with van der Waals surface area (Å²) < 4.78 is 1.66. The molecule has 1 aliphatic rings. The summed E-state index contributed by atoms with van der Waals surface area (Å²) in [6, 6.07) is 14.6. The number of rotatable bonds is 63. The van der Waals surface area contributed by atoms with Crippen molar-refractivity contribution in [1.29, 1.82) is 0 Å². The van der Waals surface area contributed by atoms with Crippen molar-refractivity contribution >= 4 is 11.4 Å². The van der Waals surface area contributed by atoms with Gasteiger partial charge in [0.05, 0.1) is 0 Å². The van der Waals surface area contributed by atoms with Crippen LogP contribution in [-0.4, -0.2) is 4.70 Å². The molecule has 0 radical (unpaired) electrons. The molecule has 0 bridgehead atoms. The second kappa shape index (κ2) is 68.9. The Balaban J connectivity index is 0.00000154. The molecule has 0 aromatic heterocycles. The first-order chi connectivity index (χ1) is 44.8. The Morgan fingerprint density at radius 2 is 0.402 bits per heavy atom. The number of hydrogen-bond donors (Lipinski definition) is 0. The molecule has 2 aromatic carbocycles. The van der Waals surface area contributed by atoms with Crippen LogP contribution >= 0.6 is 0 Å². The van der Waals surface area contributed by atoms with Crippen LogP contribution in [0.2, 0.25) is 0 Å². The molecular formula is C89H160N2Ni. The number of allylic oxidation sites excluding steroid dienone is 2. The third-order valence-corrected chi connectivity index (χ3v) is 19.8. The molecule has 0 aliphatic carbocycles. The smallest absolute Gasteiger partial charge is 0.493 e. The fourth-order valence-corrected chi connectivity index (χ4v) is 13.9. The normalized spacial score (nSPS) is 12.2. The van der Waals surface area contributed by atoms with Crippen LogP contribution in [0.1, 0.15) is 468 Å². The summed E-state index contributed by atoms with van der Waals surface area (Å²) >= 11 is 0. The van der Waals surface area contributed by atoms with Crippen molar-refractivity contribution < 1.29 is 21.2 Å². The summed E-state index contributed by atoms with van der Waals surface area (Å²) in [5.74, 6) is 0. The van der Waals surface area contributed by atoms with Gasteiger partial charge in [-0.2, -0.15) is 12.8 Å². The molecule has 2 nitrogen and oxygen atoms in total. The van der Waals surface area contributed by atoms with Crippen molar-refractivity contribution in [2.45, 2.75) is 460 Å². The zero-order valence-electron chi connectivity index (χ0n) is 63.6. The number of aryl methyl sites for hydroxylation is 4. The van der Waals surface area contributed by atoms with Crippen LogP contribution in [0.4, 0.5) is 0 Å². The Bertz CT molecular complexity index is 1830. The van der Waals surface area contributed by atoms with E-state index in [2.05, 4.69) is 106 Å². The quantitative estimate of drug-likeness (QED) is 0.0273. The molecule has 0 atom stereocenters. The molecule has 0 saturated carbocycles. The first kappa shape index (κ1) is 90.0. The number of benzene rings is 2. The largest absolute Gasteiger partial charge is 2.00 e. The van der Waals surface area contributed by atoms with Gasteiger partial charge in [0.25, 0.3) is 0 Å². The Labute approximate surface area is 589 Å². The van der Waals surface area contributed by atoms with Gasteiger partial charge in [-0.1, -0.05) is 382 Å². The van der Waals surface area contributed by atoms with Crippen molar-refractivity contribution in [2.75, 3.05) is 0 Å². The summed E-state index contributed by atoms with van der Waals surface area (Å²) in [4.78, 5) is 0. The van der Waals surface area contributed by atoms with Gasteiger partial charge >= 0.3 is 16.5 Å². The van der Waals surface area contributed by atoms with Gasteiger partial charge < -0.3 is 19.4 Å². The van der Waals surface area contributed by atoms with Crippen LogP contribution in [0.15, 0.2) is 47.5 Å². The molecule has 0 fully saturated rings. The van der Waals surface area contributed by atoms with E-state index in [4.69, 9.17) is 0 Å². The second-order valence-corrected chi connectivity index (χ2v) is 28.9. The summed E-state index contributed by atoms with van der Waals surface area (Å²) in [6.45, 7) is 26.2. The molecule has 92 heavy (non-hydrogen) atoms. The molecule has 1 aliphatic heterocycles. The summed E-state index contributed by atoms with van der Waals surface area (Å²) in [5.41, 5.74) is 25.6. The number of unbranched alkanes of at least 4 members (excludes halogenated alkanes) is 49. The second-order valence-electron chi connectivity index (χ2n) is 28.9. The van der Waals surface area contributed by atoms with E-state index in [0.717, 1.165) is 75.6 Å². The summed E-state index contributed by atoms with van der Waals surface area (Å²) in [6.07, 6.45) is 85.1. The topological polar surface area (TPSA) is 25.3 Å². The minimum atomic E-state index is 0. The van der Waals surface area contributed by atoms with Gasteiger partial charge in [-0.05, 0) is 124 Å². The van der Waals surface area contributed by atoms with Crippen molar-refractivity contribution in [3.05, 3.63) is 100 Å². The van der Waals surface area contributed by atoms with Crippen molar-refractivity contribution in [3.8, 4) is 0 Å². The average Bonchev–Trinajstić information content (AvgIpc) is 1.61. The van der Waals surface area contributed by atoms with Gasteiger partial charge in [-0.15, -0.1) is 0 Å². The molecule has 2 aromatic rings. The van der Waals surface area contributed by atoms with E-state index in [1.807, 2.05) is 0 Å². The van der Waals surface area contributed by atoms with E-state index in [1.54, 1.807) is 4.70 Å². The number of nitrogens with zero attached hydrogens (tertiary/aromatic N) is 2. The van der Waals surface area contributed by atoms with Gasteiger partial charge in [0.2, 0.25) is 11.4 Å². The van der Waals surface area contributed by atoms with Crippen LogP contribution in [0.5, 0.6) is 0 Å². The molecule has 536 valence electrons. The maximum Gasteiger partial charge on any atom is 2.00 e. The Kier molecular flexibility index (Phi) is 67.4. The summed E-state index contributed by atoms with van der Waals surface area (Å²) in [7, 11) is 0. The molecule has 3 rings (SSSR count). The first-order valence-electron chi connectivity index (χ1n) is 41.6. The zero-order valence-corrected chi connectivity index (χ0v) is 64.6. The number of hydrogen-bond acceptors (Lipinski definition) is 0. The van der Waals surface area contributed by atoms with Crippen LogP contribution in [0.25, 0.3) is 16.9 Å². The van der Waals surface area contributed by atoms with Crippen molar-refractivity contribution in [3.63, 3.8) is 0 Å². The Morgan fingerprint density at radius 1 is 0.228 bits per heavy atom. The van der Waals surface area contributed by atoms with Crippen LogP contribution < -0.4 is 0 Å². The van der Waals surface area contributed by atoms with E-state index in [9.17, 15) is 5.53 Å². The van der Waals surface area contributed by atoms with E-state index >= 15 is 0 Å². The van der Waals surface area contributed by atoms with Gasteiger partial charge in [-0.25, -0.2) is 4.70 Å². The van der Waals surface area contributed by atoms with E-state index < -0.39 is 0 Å². The zero-order chi connectivity index (χ0) is 66.1. The van der Waals surface area contributed by atoms with Crippen molar-refractivity contribution in [2.24, 2.45) is 0 Å². The minimum absolute atomic E-state index is 0. The fraction of sp³-hybridized carbons (Fsp3) is 0.798. The Hall–Kier alpha value is -1.99. The van der Waals surface area contributed by atoms with Crippen LogP contribution in [0.3, 0.4) is 0 Å². The van der Waals surface area contributed by atoms with Crippen LogP contribution in [-0.2, 0) is 42.2 Å². The van der Waals surface area contributed by atoms with Gasteiger partial charge in [0.1, 0.15) is 0 Å². The van der Waals surface area contributed by atoms with Gasteiger partial charge in [0.15, 0.2) is 0 Å². The molecule has 3 heteroatoms. The SMILES string of the molecule is CCCCCCc1cc(CCCCCC)cc(C2=C(CCCC)C(CCCCC)=C(c3cc(CCCC)cc(CCCC)c3)[N+]2=[N-])c1.[CH2-]CCCCCCCCCCCCCCCCCCCCC.[CH2-]CCCCCCCCCCCCCCCCCCCCC.[Ni+2]. The summed E-state index contributed by atoms with van der Waals surface area (Å²) in [5, 5.41) is 0. The van der Waals surface area contributed by atoms with Crippen molar-refractivity contribution in [1.82, 2.24) is 0 Å². The average molecular weight is 1320 g/mol. The standard InChI is InChI=1S/C45H70N2.2C22H45.Ni/c1-7-13-19-22-26-38-31-39(27-23-20-14-8-2)35-41(34-38)44-42(28-18-12-6)43(29-21-15-9-3)45(47(44)46)40-32-36(24-16-10-4)30-37(33-40)25-17-11-5;2*1-3-5-7-9-11-13-15-17-19-21-22-20-18-16-14-12-10-8-6-4-2;/h30-35H,7-29H2,1-6H3;2*1,3-22H2,2H3;/q;2*-1;+2. The fourth-order valence-electron chi connectivity index (χ4n) is 13.9. The first-order valence-corrected chi connectivity index (χ1v) is 41.6. The predicted octanol–water partition coefficient (Wildman–Crippen LogP) is 31.8. The maximum atomic E-state index is 12.5. The molecule has 0 amide bonds. The van der Waals surface area contributed by atoms with Crippen LogP contribution in [0, 0.1) is 13.8 Å². The van der Waals surface area contributed by atoms with E-state index in [0.29, 0.717) is 0 Å². The minimum Gasteiger partial charge on any atom is -0.493 e. The predicted molar refractivity (Wildman–Crippen MR) is 414 cm³/mol. The molecular weight excluding hydrogens is 1160 g/mol. The molecule has 0 unspecified atom stereocenters. The van der Waals surface area contributed by atoms with Gasteiger partial charge in [-0.3, -0.25) is 0 Å². The monoisotopic (exact) mass is 1320 g/mol. The third kappa shape index (κ3) is 48.7. The van der Waals surface area contributed by atoms with E-state index in [1.165, 1.54) is 385 Å². The third-order valence-electron chi connectivity index (χ3n) is 19.8. The molecule has 0 saturated heterocycles. The van der Waals surface area contributed by atoms with Gasteiger partial charge in [0, 0.05) is 22.3 Å².